The fraction of sp³-hybridized carbons (Fsp3) is 0.316. The van der Waals surface area contributed by atoms with Crippen LogP contribution in [-0.4, -0.2) is 58.6 Å². The molecule has 8 heteroatoms. The predicted octanol–water partition coefficient (Wildman–Crippen LogP) is 2.15. The number of anilines is 1. The molecular weight excluding hydrogens is 349 g/mol. The van der Waals surface area contributed by atoms with Crippen LogP contribution in [0.4, 0.5) is 10.1 Å². The second-order valence-electron chi connectivity index (χ2n) is 6.45. The highest BCUT2D eigenvalue weighted by Gasteiger charge is 2.14. The molecule has 1 fully saturated rings. The first-order chi connectivity index (χ1) is 13.2. The third kappa shape index (κ3) is 4.12. The summed E-state index contributed by atoms with van der Waals surface area (Å²) >= 11 is 0. The van der Waals surface area contributed by atoms with E-state index in [1.807, 2.05) is 12.1 Å². The predicted molar refractivity (Wildman–Crippen MR) is 99.1 cm³/mol. The van der Waals surface area contributed by atoms with Gasteiger partial charge in [0.2, 0.25) is 0 Å². The van der Waals surface area contributed by atoms with Gasteiger partial charge >= 0.3 is 0 Å². The van der Waals surface area contributed by atoms with Crippen LogP contribution in [0.3, 0.4) is 0 Å². The van der Waals surface area contributed by atoms with Crippen LogP contribution in [0.5, 0.6) is 0 Å². The molecule has 0 atom stereocenters. The van der Waals surface area contributed by atoms with Gasteiger partial charge in [-0.05, 0) is 23.6 Å². The van der Waals surface area contributed by atoms with Crippen LogP contribution in [0.1, 0.15) is 10.5 Å². The highest BCUT2D eigenvalue weighted by molar-refractivity contribution is 6.08. The Kier molecular flexibility index (Phi) is 5.08. The van der Waals surface area contributed by atoms with Crippen molar-refractivity contribution in [3.63, 3.8) is 0 Å². The number of nitrogens with one attached hydrogen (secondary N) is 1. The van der Waals surface area contributed by atoms with Gasteiger partial charge in [0.05, 0.1) is 26.0 Å². The Morgan fingerprint density at radius 2 is 2.04 bits per heavy atom. The number of hydrogen-bond acceptors (Lipinski definition) is 5. The van der Waals surface area contributed by atoms with Crippen molar-refractivity contribution >= 4 is 22.4 Å². The lowest BCUT2D eigenvalue weighted by Crippen LogP contribution is -2.38. The van der Waals surface area contributed by atoms with Crippen LogP contribution in [0.15, 0.2) is 42.6 Å². The minimum absolute atomic E-state index is 0.227. The van der Waals surface area contributed by atoms with Gasteiger partial charge in [-0.15, -0.1) is 5.10 Å². The molecule has 140 valence electrons. The van der Waals surface area contributed by atoms with Crippen molar-refractivity contribution in [2.75, 3.05) is 38.2 Å². The molecule has 7 nitrogen and oxygen atoms in total. The SMILES string of the molecule is O=C(Nc1cccc2ccc(F)cc12)c1cn(CCN2CCOCC2)nn1. The van der Waals surface area contributed by atoms with Crippen LogP contribution in [0.25, 0.3) is 10.8 Å². The second kappa shape index (κ2) is 7.81. The van der Waals surface area contributed by atoms with Crippen molar-refractivity contribution in [2.45, 2.75) is 6.54 Å². The minimum Gasteiger partial charge on any atom is -0.379 e. The first-order valence-electron chi connectivity index (χ1n) is 8.89. The molecule has 1 N–H and O–H groups in total. The average Bonchev–Trinajstić information content (AvgIpc) is 3.17. The van der Waals surface area contributed by atoms with E-state index in [9.17, 15) is 9.18 Å². The van der Waals surface area contributed by atoms with Crippen molar-refractivity contribution in [2.24, 2.45) is 0 Å². The van der Waals surface area contributed by atoms with E-state index in [0.29, 0.717) is 17.6 Å². The summed E-state index contributed by atoms with van der Waals surface area (Å²) in [4.78, 5) is 14.8. The van der Waals surface area contributed by atoms with E-state index < -0.39 is 0 Å². The Bertz CT molecular complexity index is 952. The lowest BCUT2D eigenvalue weighted by Gasteiger charge is -2.26. The Hall–Kier alpha value is -2.84. The number of nitrogens with zero attached hydrogens (tertiary/aromatic N) is 4. The second-order valence-corrected chi connectivity index (χ2v) is 6.45. The minimum atomic E-state index is -0.371. The Labute approximate surface area is 155 Å². The molecule has 0 aliphatic carbocycles. The van der Waals surface area contributed by atoms with Gasteiger partial charge < -0.3 is 10.1 Å². The van der Waals surface area contributed by atoms with E-state index >= 15 is 0 Å². The van der Waals surface area contributed by atoms with Crippen molar-refractivity contribution < 1.29 is 13.9 Å². The molecule has 1 saturated heterocycles. The van der Waals surface area contributed by atoms with Crippen LogP contribution < -0.4 is 5.32 Å². The van der Waals surface area contributed by atoms with Gasteiger partial charge in [-0.25, -0.2) is 4.39 Å². The van der Waals surface area contributed by atoms with Gasteiger partial charge in [-0.2, -0.15) is 0 Å². The zero-order valence-electron chi connectivity index (χ0n) is 14.8. The highest BCUT2D eigenvalue weighted by atomic mass is 19.1. The largest absolute Gasteiger partial charge is 0.379 e. The summed E-state index contributed by atoms with van der Waals surface area (Å²) in [7, 11) is 0. The molecule has 4 rings (SSSR count). The lowest BCUT2D eigenvalue weighted by atomic mass is 10.1. The van der Waals surface area contributed by atoms with Crippen LogP contribution in [0, 0.1) is 5.82 Å². The van der Waals surface area contributed by atoms with Gasteiger partial charge in [-0.3, -0.25) is 14.4 Å². The number of ether oxygens (including phenoxy) is 1. The first-order valence-corrected chi connectivity index (χ1v) is 8.89. The fourth-order valence-electron chi connectivity index (χ4n) is 3.12. The van der Waals surface area contributed by atoms with Gasteiger partial charge in [0.15, 0.2) is 5.69 Å². The number of benzene rings is 2. The third-order valence-electron chi connectivity index (χ3n) is 4.61. The summed E-state index contributed by atoms with van der Waals surface area (Å²) in [6.45, 7) is 4.78. The Morgan fingerprint density at radius 1 is 1.19 bits per heavy atom. The topological polar surface area (TPSA) is 72.3 Å². The van der Waals surface area contributed by atoms with E-state index in [0.717, 1.165) is 38.2 Å². The molecule has 2 aromatic carbocycles. The smallest absolute Gasteiger partial charge is 0.277 e. The Balaban J connectivity index is 1.43. The molecule has 1 aliphatic heterocycles. The zero-order chi connectivity index (χ0) is 18.6. The van der Waals surface area contributed by atoms with E-state index in [1.165, 1.54) is 12.1 Å². The first kappa shape index (κ1) is 17.6. The summed E-state index contributed by atoms with van der Waals surface area (Å²) in [5, 5.41) is 12.3. The normalized spacial score (nSPS) is 15.1. The zero-order valence-corrected chi connectivity index (χ0v) is 14.8. The molecule has 0 spiro atoms. The summed E-state index contributed by atoms with van der Waals surface area (Å²) in [5.41, 5.74) is 0.769. The van der Waals surface area contributed by atoms with Gasteiger partial charge in [0.1, 0.15) is 5.82 Å². The summed E-state index contributed by atoms with van der Waals surface area (Å²) in [5.74, 6) is -0.720. The number of carbonyl (C=O) groups excluding carboxylic acids is 1. The van der Waals surface area contributed by atoms with E-state index in [2.05, 4.69) is 20.5 Å². The number of amides is 1. The molecule has 2 heterocycles. The number of halogens is 1. The molecular formula is C19H20FN5O2. The van der Waals surface area contributed by atoms with E-state index in [-0.39, 0.29) is 17.4 Å². The lowest BCUT2D eigenvalue weighted by molar-refractivity contribution is 0.0359. The van der Waals surface area contributed by atoms with Crippen molar-refractivity contribution in [1.29, 1.82) is 0 Å². The number of rotatable bonds is 5. The molecule has 1 aromatic heterocycles. The average molecular weight is 369 g/mol. The monoisotopic (exact) mass is 369 g/mol. The van der Waals surface area contributed by atoms with Crippen molar-refractivity contribution in [1.82, 2.24) is 19.9 Å². The van der Waals surface area contributed by atoms with Gasteiger partial charge in [0, 0.05) is 30.7 Å². The molecule has 1 aliphatic rings. The standard InChI is InChI=1S/C19H20FN5O2/c20-15-5-4-14-2-1-3-17(16(14)12-15)21-19(26)18-13-25(23-22-18)7-6-24-8-10-27-11-9-24/h1-5,12-13H,6-11H2,(H,21,26). The van der Waals surface area contributed by atoms with Gasteiger partial charge in [-0.1, -0.05) is 23.4 Å². The highest BCUT2D eigenvalue weighted by Crippen LogP contribution is 2.24. The summed E-state index contributed by atoms with van der Waals surface area (Å²) < 4.78 is 20.6. The van der Waals surface area contributed by atoms with Crippen molar-refractivity contribution in [3.05, 3.63) is 54.1 Å². The maximum absolute atomic E-state index is 13.6. The molecule has 0 unspecified atom stereocenters. The molecule has 1 amide bonds. The molecule has 0 radical (unpaired) electrons. The molecule has 0 saturated carbocycles. The molecule has 27 heavy (non-hydrogen) atoms. The van der Waals surface area contributed by atoms with Crippen LogP contribution in [-0.2, 0) is 11.3 Å². The number of fused-ring (bicyclic) bond motifs is 1. The number of morpholine rings is 1. The van der Waals surface area contributed by atoms with Crippen LogP contribution >= 0.6 is 0 Å². The maximum atomic E-state index is 13.6. The molecule has 0 bridgehead atoms. The third-order valence-corrected chi connectivity index (χ3v) is 4.61. The quantitative estimate of drug-likeness (QED) is 0.746. The fourth-order valence-corrected chi connectivity index (χ4v) is 3.12. The number of aromatic nitrogens is 3. The number of hydrogen-bond donors (Lipinski definition) is 1. The van der Waals surface area contributed by atoms with Crippen LogP contribution in [0.2, 0.25) is 0 Å². The molecule has 3 aromatic rings. The van der Waals surface area contributed by atoms with E-state index in [4.69, 9.17) is 4.74 Å². The summed E-state index contributed by atoms with van der Waals surface area (Å²) in [6.07, 6.45) is 1.63. The number of carbonyl (C=O) groups is 1. The maximum Gasteiger partial charge on any atom is 0.277 e. The van der Waals surface area contributed by atoms with Gasteiger partial charge in [0.25, 0.3) is 5.91 Å². The summed E-state index contributed by atoms with van der Waals surface area (Å²) in [6, 6.07) is 9.91. The van der Waals surface area contributed by atoms with Crippen molar-refractivity contribution in [3.8, 4) is 0 Å². The Morgan fingerprint density at radius 3 is 2.89 bits per heavy atom. The van der Waals surface area contributed by atoms with E-state index in [1.54, 1.807) is 23.0 Å².